The molecule has 0 amide bonds. The summed E-state index contributed by atoms with van der Waals surface area (Å²) in [5.41, 5.74) is -0.198. The van der Waals surface area contributed by atoms with Crippen molar-refractivity contribution >= 4 is 5.97 Å². The fourth-order valence-corrected chi connectivity index (χ4v) is 3.49. The van der Waals surface area contributed by atoms with E-state index in [9.17, 15) is 9.18 Å². The third-order valence-corrected chi connectivity index (χ3v) is 4.14. The molecular formula is C15H24FNO2. The van der Waals surface area contributed by atoms with Gasteiger partial charge in [-0.1, -0.05) is 6.42 Å². The zero-order chi connectivity index (χ0) is 14.2. The van der Waals surface area contributed by atoms with E-state index in [1.807, 2.05) is 32.6 Å². The Bertz CT molecular complexity index is 387. The highest BCUT2D eigenvalue weighted by molar-refractivity contribution is 5.90. The van der Waals surface area contributed by atoms with Crippen LogP contribution in [0, 0.1) is 0 Å². The minimum atomic E-state index is -0.775. The predicted molar refractivity (Wildman–Crippen MR) is 72.2 cm³/mol. The minimum absolute atomic E-state index is 0.147. The van der Waals surface area contributed by atoms with Gasteiger partial charge in [0.15, 0.2) is 5.60 Å². The Morgan fingerprint density at radius 2 is 1.63 bits per heavy atom. The second-order valence-electron chi connectivity index (χ2n) is 6.20. The zero-order valence-electron chi connectivity index (χ0n) is 12.3. The smallest absolute Gasteiger partial charge is 0.370 e. The minimum Gasteiger partial charge on any atom is -0.447 e. The molecule has 0 radical (unpaired) electrons. The molecule has 0 aromatic rings. The maximum absolute atomic E-state index is 14.3. The maximum atomic E-state index is 14.3. The topological polar surface area (TPSA) is 29.5 Å². The van der Waals surface area contributed by atoms with Gasteiger partial charge in [0.2, 0.25) is 5.83 Å². The second-order valence-corrected chi connectivity index (χ2v) is 6.20. The summed E-state index contributed by atoms with van der Waals surface area (Å²) >= 11 is 0. The molecule has 2 rings (SSSR count). The highest BCUT2D eigenvalue weighted by Gasteiger charge is 2.51. The summed E-state index contributed by atoms with van der Waals surface area (Å²) in [7, 11) is 0. The molecular weight excluding hydrogens is 245 g/mol. The number of ether oxygens (including phenoxy) is 1. The molecule has 1 aliphatic heterocycles. The molecule has 108 valence electrons. The molecule has 1 heterocycles. The first-order valence-electron chi connectivity index (χ1n) is 7.31. The van der Waals surface area contributed by atoms with Crippen LogP contribution in [0.15, 0.2) is 11.5 Å². The van der Waals surface area contributed by atoms with E-state index in [0.29, 0.717) is 5.70 Å². The fraction of sp³-hybridized carbons (Fsp3) is 0.800. The van der Waals surface area contributed by atoms with Crippen molar-refractivity contribution in [2.75, 3.05) is 0 Å². The highest BCUT2D eigenvalue weighted by Crippen LogP contribution is 2.46. The van der Waals surface area contributed by atoms with Gasteiger partial charge in [0, 0.05) is 12.1 Å². The van der Waals surface area contributed by atoms with Crippen LogP contribution in [-0.2, 0) is 9.53 Å². The van der Waals surface area contributed by atoms with Crippen molar-refractivity contribution in [3.8, 4) is 0 Å². The molecule has 1 aliphatic carbocycles. The van der Waals surface area contributed by atoms with Crippen LogP contribution in [0.3, 0.4) is 0 Å². The molecule has 0 atom stereocenters. The van der Waals surface area contributed by atoms with Crippen LogP contribution in [0.5, 0.6) is 0 Å². The summed E-state index contributed by atoms with van der Waals surface area (Å²) in [6.45, 7) is 8.11. The van der Waals surface area contributed by atoms with Gasteiger partial charge in [-0.25, -0.2) is 4.79 Å². The average Bonchev–Trinajstić information content (AvgIpc) is 2.54. The van der Waals surface area contributed by atoms with E-state index < -0.39 is 17.4 Å². The van der Waals surface area contributed by atoms with Crippen molar-refractivity contribution in [1.82, 2.24) is 4.90 Å². The van der Waals surface area contributed by atoms with Crippen LogP contribution in [0.25, 0.3) is 0 Å². The van der Waals surface area contributed by atoms with E-state index >= 15 is 0 Å². The van der Waals surface area contributed by atoms with Crippen LogP contribution < -0.4 is 0 Å². The first kappa shape index (κ1) is 14.4. The lowest BCUT2D eigenvalue weighted by molar-refractivity contribution is -0.151. The van der Waals surface area contributed by atoms with Crippen molar-refractivity contribution in [3.63, 3.8) is 0 Å². The number of nitrogens with zero attached hydrogens (tertiary/aromatic N) is 1. The predicted octanol–water partition coefficient (Wildman–Crippen LogP) is 3.55. The van der Waals surface area contributed by atoms with Gasteiger partial charge in [-0.15, -0.1) is 0 Å². The molecule has 0 saturated heterocycles. The summed E-state index contributed by atoms with van der Waals surface area (Å²) < 4.78 is 19.8. The summed E-state index contributed by atoms with van der Waals surface area (Å²) in [4.78, 5) is 13.7. The molecule has 1 fully saturated rings. The van der Waals surface area contributed by atoms with Gasteiger partial charge in [0.1, 0.15) is 5.70 Å². The monoisotopic (exact) mass is 269 g/mol. The third-order valence-electron chi connectivity index (χ3n) is 4.14. The fourth-order valence-electron chi connectivity index (χ4n) is 3.49. The summed E-state index contributed by atoms with van der Waals surface area (Å²) in [5.74, 6) is -1.45. The highest BCUT2D eigenvalue weighted by atomic mass is 19.1. The Kier molecular flexibility index (Phi) is 3.88. The van der Waals surface area contributed by atoms with Gasteiger partial charge >= 0.3 is 5.97 Å². The van der Waals surface area contributed by atoms with E-state index in [0.717, 1.165) is 32.1 Å². The van der Waals surface area contributed by atoms with Crippen LogP contribution in [0.2, 0.25) is 0 Å². The van der Waals surface area contributed by atoms with E-state index in [1.54, 1.807) is 0 Å². The summed E-state index contributed by atoms with van der Waals surface area (Å²) in [6.07, 6.45) is 4.62. The van der Waals surface area contributed by atoms with Gasteiger partial charge in [-0.3, -0.25) is 0 Å². The van der Waals surface area contributed by atoms with Crippen molar-refractivity contribution in [3.05, 3.63) is 11.5 Å². The number of hydrogen-bond donors (Lipinski definition) is 0. The molecule has 4 heteroatoms. The first-order chi connectivity index (χ1) is 8.89. The number of rotatable bonds is 3. The largest absolute Gasteiger partial charge is 0.447 e. The molecule has 0 N–H and O–H groups in total. The quantitative estimate of drug-likeness (QED) is 0.734. The molecule has 19 heavy (non-hydrogen) atoms. The molecule has 0 aromatic carbocycles. The molecule has 1 saturated carbocycles. The Morgan fingerprint density at radius 1 is 1.11 bits per heavy atom. The van der Waals surface area contributed by atoms with Crippen molar-refractivity contribution < 1.29 is 13.9 Å². The van der Waals surface area contributed by atoms with Gasteiger partial charge in [-0.05, 0) is 53.4 Å². The van der Waals surface area contributed by atoms with Crippen LogP contribution >= 0.6 is 0 Å². The SMILES string of the molecule is CC(C)N(C1=C(F)C(=O)OC12CCCCC2)C(C)C. The lowest BCUT2D eigenvalue weighted by Crippen LogP contribution is -2.47. The molecule has 0 aromatic heterocycles. The Labute approximate surface area is 114 Å². The second kappa shape index (κ2) is 5.14. The van der Waals surface area contributed by atoms with Gasteiger partial charge in [-0.2, -0.15) is 4.39 Å². The number of carbonyl (C=O) groups is 1. The normalized spacial score (nSPS) is 22.6. The van der Waals surface area contributed by atoms with Crippen molar-refractivity contribution in [2.45, 2.75) is 77.5 Å². The summed E-state index contributed by atoms with van der Waals surface area (Å²) in [6, 6.07) is 0.295. The number of halogens is 1. The van der Waals surface area contributed by atoms with Gasteiger partial charge < -0.3 is 9.64 Å². The summed E-state index contributed by atoms with van der Waals surface area (Å²) in [5, 5.41) is 0. The number of hydrogen-bond acceptors (Lipinski definition) is 3. The van der Waals surface area contributed by atoms with E-state index in [-0.39, 0.29) is 12.1 Å². The lowest BCUT2D eigenvalue weighted by atomic mass is 9.81. The van der Waals surface area contributed by atoms with Crippen LogP contribution in [0.1, 0.15) is 59.8 Å². The van der Waals surface area contributed by atoms with Gasteiger partial charge in [0.25, 0.3) is 0 Å². The average molecular weight is 269 g/mol. The molecule has 3 nitrogen and oxygen atoms in total. The first-order valence-corrected chi connectivity index (χ1v) is 7.31. The van der Waals surface area contributed by atoms with Crippen LogP contribution in [0.4, 0.5) is 4.39 Å². The zero-order valence-corrected chi connectivity index (χ0v) is 12.3. The molecule has 1 spiro atoms. The lowest BCUT2D eigenvalue weighted by Gasteiger charge is -2.43. The van der Waals surface area contributed by atoms with E-state index in [1.165, 1.54) is 0 Å². The Morgan fingerprint density at radius 3 is 2.11 bits per heavy atom. The van der Waals surface area contributed by atoms with Gasteiger partial charge in [0.05, 0.1) is 0 Å². The number of esters is 1. The molecule has 0 bridgehead atoms. The van der Waals surface area contributed by atoms with Crippen molar-refractivity contribution in [2.24, 2.45) is 0 Å². The molecule has 0 unspecified atom stereocenters. The Hall–Kier alpha value is -1.06. The Balaban J connectivity index is 2.44. The number of carbonyl (C=O) groups excluding carboxylic acids is 1. The molecule has 2 aliphatic rings. The maximum Gasteiger partial charge on any atom is 0.370 e. The third kappa shape index (κ3) is 2.37. The standard InChI is InChI=1S/C15H24FNO2/c1-10(2)17(11(3)4)13-12(16)14(18)19-15(13)8-6-5-7-9-15/h10-11H,5-9H2,1-4H3. The van der Waals surface area contributed by atoms with E-state index in [4.69, 9.17) is 4.74 Å². The van der Waals surface area contributed by atoms with Crippen LogP contribution in [-0.4, -0.2) is 28.6 Å². The van der Waals surface area contributed by atoms with Crippen molar-refractivity contribution in [1.29, 1.82) is 0 Å². The van der Waals surface area contributed by atoms with E-state index in [2.05, 4.69) is 0 Å².